The van der Waals surface area contributed by atoms with Gasteiger partial charge in [0, 0.05) is 24.5 Å². The van der Waals surface area contributed by atoms with E-state index in [0.717, 1.165) is 5.41 Å². The Bertz CT molecular complexity index is 1020. The lowest BCUT2D eigenvalue weighted by atomic mass is 10.1. The monoisotopic (exact) mass is 435 g/mol. The highest BCUT2D eigenvalue weighted by atomic mass is 32.2. The Hall–Kier alpha value is -3.20. The summed E-state index contributed by atoms with van der Waals surface area (Å²) >= 11 is 0. The van der Waals surface area contributed by atoms with Gasteiger partial charge in [-0.3, -0.25) is 4.79 Å². The smallest absolute Gasteiger partial charge is 0.221 e. The molecule has 2 rings (SSSR count). The van der Waals surface area contributed by atoms with Crippen LogP contribution in [0.25, 0.3) is 6.08 Å². The number of benzene rings is 2. The molecule has 8 nitrogen and oxygen atoms in total. The summed E-state index contributed by atoms with van der Waals surface area (Å²) in [5.74, 6) is 1.24. The first-order valence-corrected chi connectivity index (χ1v) is 10.6. The fourth-order valence-corrected chi connectivity index (χ4v) is 3.87. The molecular formula is C21H25NO7S. The van der Waals surface area contributed by atoms with Gasteiger partial charge in [-0.2, -0.15) is 0 Å². The van der Waals surface area contributed by atoms with Gasteiger partial charge in [0.1, 0.15) is 23.0 Å². The maximum Gasteiger partial charge on any atom is 0.221 e. The van der Waals surface area contributed by atoms with Crippen LogP contribution < -0.4 is 24.3 Å². The molecule has 0 heterocycles. The third-order valence-electron chi connectivity index (χ3n) is 4.14. The Morgan fingerprint density at radius 1 is 0.933 bits per heavy atom. The molecule has 0 fully saturated rings. The van der Waals surface area contributed by atoms with Crippen molar-refractivity contribution in [1.82, 2.24) is 0 Å². The quantitative estimate of drug-likeness (QED) is 0.645. The predicted molar refractivity (Wildman–Crippen MR) is 115 cm³/mol. The molecule has 0 unspecified atom stereocenters. The van der Waals surface area contributed by atoms with Crippen LogP contribution >= 0.6 is 0 Å². The number of sulfone groups is 1. The number of methoxy groups -OCH3 is 4. The van der Waals surface area contributed by atoms with Crippen molar-refractivity contribution in [1.29, 1.82) is 0 Å². The van der Waals surface area contributed by atoms with Gasteiger partial charge >= 0.3 is 0 Å². The van der Waals surface area contributed by atoms with E-state index in [1.54, 1.807) is 30.3 Å². The number of amides is 1. The Morgan fingerprint density at radius 2 is 1.53 bits per heavy atom. The fraction of sp³-hybridized carbons (Fsp3) is 0.286. The minimum atomic E-state index is -3.64. The molecule has 0 aliphatic heterocycles. The first-order chi connectivity index (χ1) is 14.2. The molecular weight excluding hydrogens is 410 g/mol. The molecule has 162 valence electrons. The number of carbonyl (C=O) groups is 1. The van der Waals surface area contributed by atoms with Gasteiger partial charge in [-0.05, 0) is 23.8 Å². The summed E-state index contributed by atoms with van der Waals surface area (Å²) in [7, 11) is 2.29. The van der Waals surface area contributed by atoms with E-state index >= 15 is 0 Å². The van der Waals surface area contributed by atoms with Crippen LogP contribution in [-0.4, -0.2) is 42.8 Å². The first-order valence-electron chi connectivity index (χ1n) is 8.88. The van der Waals surface area contributed by atoms with Crippen LogP contribution in [0.3, 0.4) is 0 Å². The third-order valence-corrected chi connectivity index (χ3v) is 5.42. The number of carbonyl (C=O) groups excluding carboxylic acids is 1. The molecule has 0 radical (unpaired) electrons. The van der Waals surface area contributed by atoms with E-state index in [9.17, 15) is 13.2 Å². The van der Waals surface area contributed by atoms with E-state index in [2.05, 4.69) is 5.32 Å². The summed E-state index contributed by atoms with van der Waals surface area (Å²) in [6.07, 6.45) is 1.42. The number of rotatable bonds is 9. The summed E-state index contributed by atoms with van der Waals surface area (Å²) in [5, 5.41) is 3.73. The van der Waals surface area contributed by atoms with E-state index in [0.29, 0.717) is 39.8 Å². The van der Waals surface area contributed by atoms with Gasteiger partial charge in [-0.25, -0.2) is 8.42 Å². The molecule has 0 aromatic heterocycles. The maximum atomic E-state index is 12.7. The lowest BCUT2D eigenvalue weighted by Gasteiger charge is -2.13. The average molecular weight is 435 g/mol. The second-order valence-corrected chi connectivity index (χ2v) is 8.16. The molecule has 30 heavy (non-hydrogen) atoms. The van der Waals surface area contributed by atoms with E-state index in [-0.39, 0.29) is 11.7 Å². The normalized spacial score (nSPS) is 11.2. The average Bonchev–Trinajstić information content (AvgIpc) is 2.71. The summed E-state index contributed by atoms with van der Waals surface area (Å²) in [5.41, 5.74) is 1.37. The number of ether oxygens (including phenoxy) is 4. The van der Waals surface area contributed by atoms with Crippen molar-refractivity contribution in [3.05, 3.63) is 46.9 Å². The molecule has 0 saturated carbocycles. The predicted octanol–water partition coefficient (Wildman–Crippen LogP) is 3.27. The Kier molecular flexibility index (Phi) is 7.71. The lowest BCUT2D eigenvalue weighted by Crippen LogP contribution is -2.08. The van der Waals surface area contributed by atoms with Gasteiger partial charge in [0.15, 0.2) is 9.84 Å². The van der Waals surface area contributed by atoms with Crippen LogP contribution in [0.5, 0.6) is 23.0 Å². The highest BCUT2D eigenvalue weighted by Crippen LogP contribution is 2.35. The molecule has 0 bridgehead atoms. The Morgan fingerprint density at radius 3 is 2.03 bits per heavy atom. The number of hydrogen-bond donors (Lipinski definition) is 1. The molecule has 1 N–H and O–H groups in total. The largest absolute Gasteiger partial charge is 0.496 e. The van der Waals surface area contributed by atoms with Crippen LogP contribution in [0.1, 0.15) is 18.1 Å². The van der Waals surface area contributed by atoms with E-state index in [1.807, 2.05) is 0 Å². The molecule has 0 aliphatic carbocycles. The summed E-state index contributed by atoms with van der Waals surface area (Å²) < 4.78 is 46.4. The van der Waals surface area contributed by atoms with Gasteiger partial charge in [0.25, 0.3) is 0 Å². The van der Waals surface area contributed by atoms with Gasteiger partial charge < -0.3 is 24.3 Å². The van der Waals surface area contributed by atoms with E-state index in [1.165, 1.54) is 41.4 Å². The van der Waals surface area contributed by atoms with Crippen molar-refractivity contribution in [2.45, 2.75) is 12.7 Å². The molecule has 0 saturated heterocycles. The number of hydrogen-bond acceptors (Lipinski definition) is 7. The van der Waals surface area contributed by atoms with Crippen LogP contribution in [0.15, 0.2) is 35.7 Å². The zero-order valence-electron chi connectivity index (χ0n) is 17.5. The third kappa shape index (κ3) is 5.90. The molecule has 0 atom stereocenters. The van der Waals surface area contributed by atoms with Crippen molar-refractivity contribution in [3.8, 4) is 23.0 Å². The zero-order valence-corrected chi connectivity index (χ0v) is 18.3. The Labute approximate surface area is 176 Å². The van der Waals surface area contributed by atoms with E-state index in [4.69, 9.17) is 18.9 Å². The SMILES string of the molecule is COc1cc(OC)c(/C=C\S(=O)(=O)Cc2ccc(OC)c(NC(C)=O)c2)c(OC)c1. The Balaban J connectivity index is 2.34. The van der Waals surface area contributed by atoms with Crippen LogP contribution in [-0.2, 0) is 20.4 Å². The zero-order chi connectivity index (χ0) is 22.3. The second-order valence-electron chi connectivity index (χ2n) is 6.27. The topological polar surface area (TPSA) is 100 Å². The highest BCUT2D eigenvalue weighted by molar-refractivity contribution is 7.93. The van der Waals surface area contributed by atoms with E-state index < -0.39 is 9.84 Å². The molecule has 9 heteroatoms. The maximum absolute atomic E-state index is 12.7. The van der Waals surface area contributed by atoms with Gasteiger partial charge in [-0.15, -0.1) is 0 Å². The molecule has 0 spiro atoms. The van der Waals surface area contributed by atoms with Crippen molar-refractivity contribution in [2.75, 3.05) is 33.8 Å². The van der Waals surface area contributed by atoms with Crippen LogP contribution in [0, 0.1) is 0 Å². The molecule has 2 aromatic rings. The minimum Gasteiger partial charge on any atom is -0.496 e. The van der Waals surface area contributed by atoms with Gasteiger partial charge in [-0.1, -0.05) is 6.07 Å². The number of nitrogens with one attached hydrogen (secondary N) is 1. The molecule has 1 amide bonds. The van der Waals surface area contributed by atoms with Crippen molar-refractivity contribution in [2.24, 2.45) is 0 Å². The summed E-state index contributed by atoms with van der Waals surface area (Å²) in [4.78, 5) is 11.4. The second kappa shape index (κ2) is 10.0. The van der Waals surface area contributed by atoms with Crippen LogP contribution in [0.4, 0.5) is 5.69 Å². The van der Waals surface area contributed by atoms with Crippen molar-refractivity contribution in [3.63, 3.8) is 0 Å². The molecule has 2 aromatic carbocycles. The van der Waals surface area contributed by atoms with Crippen molar-refractivity contribution < 1.29 is 32.2 Å². The number of anilines is 1. The first kappa shape index (κ1) is 23.1. The summed E-state index contributed by atoms with van der Waals surface area (Å²) in [6.45, 7) is 1.36. The lowest BCUT2D eigenvalue weighted by molar-refractivity contribution is -0.114. The van der Waals surface area contributed by atoms with Gasteiger partial charge in [0.05, 0.1) is 45.4 Å². The molecule has 0 aliphatic rings. The van der Waals surface area contributed by atoms with Crippen molar-refractivity contribution >= 4 is 27.5 Å². The minimum absolute atomic E-state index is 0.263. The standard InChI is InChI=1S/C21H25NO7S/c1-14(23)22-18-10-15(6-7-19(18)27-3)13-30(24,25)9-8-17-20(28-4)11-16(26-2)12-21(17)29-5/h6-12H,13H2,1-5H3,(H,22,23)/b9-8-. The highest BCUT2D eigenvalue weighted by Gasteiger charge is 2.15. The summed E-state index contributed by atoms with van der Waals surface area (Å²) in [6, 6.07) is 8.08. The van der Waals surface area contributed by atoms with Gasteiger partial charge in [0.2, 0.25) is 5.91 Å². The van der Waals surface area contributed by atoms with Crippen LogP contribution in [0.2, 0.25) is 0 Å². The fourth-order valence-electron chi connectivity index (χ4n) is 2.78.